The average molecular weight is 358 g/mol. The first-order valence-corrected chi connectivity index (χ1v) is 9.52. The van der Waals surface area contributed by atoms with Crippen molar-refractivity contribution in [2.45, 2.75) is 58.5 Å². The summed E-state index contributed by atoms with van der Waals surface area (Å²) in [5, 5.41) is 0. The minimum absolute atomic E-state index is 0.0261. The van der Waals surface area contributed by atoms with Crippen LogP contribution in [0.25, 0.3) is 0 Å². The van der Waals surface area contributed by atoms with Gasteiger partial charge in [-0.05, 0) is 45.2 Å². The lowest BCUT2D eigenvalue weighted by molar-refractivity contribution is -0.136. The zero-order chi connectivity index (χ0) is 19.1. The Morgan fingerprint density at radius 2 is 1.73 bits per heavy atom. The molecule has 0 aliphatic carbocycles. The van der Waals surface area contributed by atoms with Crippen molar-refractivity contribution in [1.29, 1.82) is 0 Å². The highest BCUT2D eigenvalue weighted by molar-refractivity contribution is 5.91. The van der Waals surface area contributed by atoms with Gasteiger partial charge in [0.15, 0.2) is 0 Å². The lowest BCUT2D eigenvalue weighted by Crippen LogP contribution is -2.49. The number of hydrogen-bond acceptors (Lipinski definition) is 3. The molecule has 5 nitrogen and oxygen atoms in total. The summed E-state index contributed by atoms with van der Waals surface area (Å²) in [6, 6.07) is 8.12. The molecule has 1 aromatic rings. The van der Waals surface area contributed by atoms with Crippen molar-refractivity contribution < 1.29 is 14.3 Å². The van der Waals surface area contributed by atoms with Gasteiger partial charge >= 0.3 is 6.09 Å². The standard InChI is InChI=1S/C21H30N2O3/c1-15(2)18(24)22-12-10-21(11-13-22)14-23(19(25)26-20(3,4)5)17-9-7-6-8-16(17)21/h6-9,15H,10-14H2,1-5H3. The number of fused-ring (bicyclic) bond motifs is 2. The van der Waals surface area contributed by atoms with Gasteiger partial charge in [-0.15, -0.1) is 0 Å². The normalized spacial score (nSPS) is 19.0. The van der Waals surface area contributed by atoms with Gasteiger partial charge in [0.2, 0.25) is 5.91 Å². The molecular weight excluding hydrogens is 328 g/mol. The number of anilines is 1. The molecule has 1 spiro atoms. The molecular formula is C21H30N2O3. The van der Waals surface area contributed by atoms with Crippen LogP contribution in [0.1, 0.15) is 53.0 Å². The third-order valence-corrected chi connectivity index (χ3v) is 5.37. The molecule has 0 unspecified atom stereocenters. The Balaban J connectivity index is 1.83. The van der Waals surface area contributed by atoms with Gasteiger partial charge in [0, 0.05) is 31.0 Å². The minimum Gasteiger partial charge on any atom is -0.443 e. The molecule has 1 fully saturated rings. The van der Waals surface area contributed by atoms with Crippen LogP contribution in [-0.4, -0.2) is 42.1 Å². The van der Waals surface area contributed by atoms with E-state index in [1.807, 2.05) is 57.7 Å². The average Bonchev–Trinajstić information content (AvgIpc) is 2.88. The van der Waals surface area contributed by atoms with E-state index in [0.29, 0.717) is 6.54 Å². The molecule has 0 saturated carbocycles. The Bertz CT molecular complexity index is 697. The molecule has 1 aromatic carbocycles. The predicted octanol–water partition coefficient (Wildman–Crippen LogP) is 3.96. The Hall–Kier alpha value is -2.04. The van der Waals surface area contributed by atoms with Crippen LogP contribution in [0.4, 0.5) is 10.5 Å². The molecule has 2 heterocycles. The van der Waals surface area contributed by atoms with Crippen LogP contribution in [-0.2, 0) is 14.9 Å². The van der Waals surface area contributed by atoms with E-state index >= 15 is 0 Å². The molecule has 0 aromatic heterocycles. The number of carbonyl (C=O) groups is 2. The van der Waals surface area contributed by atoms with E-state index < -0.39 is 5.60 Å². The summed E-state index contributed by atoms with van der Waals surface area (Å²) in [5.41, 5.74) is 1.56. The largest absolute Gasteiger partial charge is 0.443 e. The van der Waals surface area contributed by atoms with Crippen LogP contribution in [0.15, 0.2) is 24.3 Å². The van der Waals surface area contributed by atoms with Gasteiger partial charge in [-0.1, -0.05) is 32.0 Å². The fraction of sp³-hybridized carbons (Fsp3) is 0.619. The molecule has 2 aliphatic heterocycles. The third kappa shape index (κ3) is 3.44. The SMILES string of the molecule is CC(C)C(=O)N1CCC2(CC1)CN(C(=O)OC(C)(C)C)c1ccccc12. The Morgan fingerprint density at radius 3 is 2.31 bits per heavy atom. The molecule has 2 amide bonds. The summed E-state index contributed by atoms with van der Waals surface area (Å²) in [6.07, 6.45) is 1.46. The molecule has 142 valence electrons. The van der Waals surface area contributed by atoms with Crippen molar-refractivity contribution in [2.75, 3.05) is 24.5 Å². The van der Waals surface area contributed by atoms with E-state index in [9.17, 15) is 9.59 Å². The van der Waals surface area contributed by atoms with E-state index in [2.05, 4.69) is 6.07 Å². The topological polar surface area (TPSA) is 49.9 Å². The van der Waals surface area contributed by atoms with Gasteiger partial charge in [0.05, 0.1) is 5.69 Å². The van der Waals surface area contributed by atoms with E-state index in [1.54, 1.807) is 4.90 Å². The van der Waals surface area contributed by atoms with Crippen LogP contribution in [0, 0.1) is 5.92 Å². The zero-order valence-corrected chi connectivity index (χ0v) is 16.5. The van der Waals surface area contributed by atoms with E-state index in [-0.39, 0.29) is 23.3 Å². The maximum Gasteiger partial charge on any atom is 0.414 e. The fourth-order valence-corrected chi connectivity index (χ4v) is 4.06. The molecule has 26 heavy (non-hydrogen) atoms. The quantitative estimate of drug-likeness (QED) is 0.763. The maximum absolute atomic E-state index is 12.8. The molecule has 0 bridgehead atoms. The first-order chi connectivity index (χ1) is 12.1. The predicted molar refractivity (Wildman–Crippen MR) is 102 cm³/mol. The van der Waals surface area contributed by atoms with Gasteiger partial charge in [0.25, 0.3) is 0 Å². The van der Waals surface area contributed by atoms with Crippen molar-refractivity contribution in [3.8, 4) is 0 Å². The monoisotopic (exact) mass is 358 g/mol. The number of para-hydroxylation sites is 1. The Labute approximate surface area is 156 Å². The van der Waals surface area contributed by atoms with Gasteiger partial charge < -0.3 is 9.64 Å². The Kier molecular flexibility index (Phi) is 4.76. The molecule has 5 heteroatoms. The highest BCUT2D eigenvalue weighted by Crippen LogP contribution is 2.47. The summed E-state index contributed by atoms with van der Waals surface area (Å²) in [5.74, 6) is 0.244. The second kappa shape index (κ2) is 6.60. The zero-order valence-electron chi connectivity index (χ0n) is 16.5. The van der Waals surface area contributed by atoms with Crippen molar-refractivity contribution >= 4 is 17.7 Å². The summed E-state index contributed by atoms with van der Waals surface area (Å²) in [6.45, 7) is 11.7. The molecule has 1 saturated heterocycles. The molecule has 0 atom stereocenters. The second-order valence-corrected chi connectivity index (χ2v) is 8.84. The Morgan fingerprint density at radius 1 is 1.12 bits per heavy atom. The number of carbonyl (C=O) groups excluding carboxylic acids is 2. The summed E-state index contributed by atoms with van der Waals surface area (Å²) in [7, 11) is 0. The molecule has 0 N–H and O–H groups in total. The smallest absolute Gasteiger partial charge is 0.414 e. The lowest BCUT2D eigenvalue weighted by atomic mass is 9.74. The van der Waals surface area contributed by atoms with Crippen LogP contribution in [0.3, 0.4) is 0 Å². The third-order valence-electron chi connectivity index (χ3n) is 5.37. The van der Waals surface area contributed by atoms with Gasteiger partial charge in [-0.25, -0.2) is 4.79 Å². The summed E-state index contributed by atoms with van der Waals surface area (Å²) >= 11 is 0. The summed E-state index contributed by atoms with van der Waals surface area (Å²) < 4.78 is 5.63. The number of likely N-dealkylation sites (tertiary alicyclic amines) is 1. The van der Waals surface area contributed by atoms with Crippen LogP contribution in [0.2, 0.25) is 0 Å². The minimum atomic E-state index is -0.519. The fourth-order valence-electron chi connectivity index (χ4n) is 4.06. The van der Waals surface area contributed by atoms with Crippen LogP contribution >= 0.6 is 0 Å². The summed E-state index contributed by atoms with van der Waals surface area (Å²) in [4.78, 5) is 28.8. The second-order valence-electron chi connectivity index (χ2n) is 8.84. The van der Waals surface area contributed by atoms with E-state index in [4.69, 9.17) is 4.74 Å². The highest BCUT2D eigenvalue weighted by atomic mass is 16.6. The number of rotatable bonds is 1. The number of ether oxygens (including phenoxy) is 1. The first-order valence-electron chi connectivity index (χ1n) is 9.52. The number of hydrogen-bond donors (Lipinski definition) is 0. The van der Waals surface area contributed by atoms with Gasteiger partial charge in [0.1, 0.15) is 5.60 Å². The highest BCUT2D eigenvalue weighted by Gasteiger charge is 2.47. The number of nitrogens with zero attached hydrogens (tertiary/aromatic N) is 2. The van der Waals surface area contributed by atoms with Gasteiger partial charge in [-0.3, -0.25) is 9.69 Å². The van der Waals surface area contributed by atoms with E-state index in [1.165, 1.54) is 5.56 Å². The first kappa shape index (κ1) is 18.7. The van der Waals surface area contributed by atoms with Crippen molar-refractivity contribution in [2.24, 2.45) is 5.92 Å². The number of benzene rings is 1. The maximum atomic E-state index is 12.8. The van der Waals surface area contributed by atoms with E-state index in [0.717, 1.165) is 31.6 Å². The molecule has 2 aliphatic rings. The van der Waals surface area contributed by atoms with Gasteiger partial charge in [-0.2, -0.15) is 0 Å². The molecule has 3 rings (SSSR count). The molecule has 0 radical (unpaired) electrons. The van der Waals surface area contributed by atoms with Crippen LogP contribution in [0.5, 0.6) is 0 Å². The van der Waals surface area contributed by atoms with Crippen molar-refractivity contribution in [1.82, 2.24) is 4.90 Å². The number of piperidine rings is 1. The van der Waals surface area contributed by atoms with Crippen molar-refractivity contribution in [3.05, 3.63) is 29.8 Å². The van der Waals surface area contributed by atoms with Crippen molar-refractivity contribution in [3.63, 3.8) is 0 Å². The number of amides is 2. The lowest BCUT2D eigenvalue weighted by Gasteiger charge is -2.40. The van der Waals surface area contributed by atoms with Crippen LogP contribution < -0.4 is 4.90 Å².